The number of amides is 1. The molecule has 0 aromatic carbocycles. The van der Waals surface area contributed by atoms with E-state index in [4.69, 9.17) is 34.8 Å². The molecule has 1 aliphatic heterocycles. The van der Waals surface area contributed by atoms with Gasteiger partial charge in [0.15, 0.2) is 0 Å². The highest BCUT2D eigenvalue weighted by atomic mass is 35.6. The molecule has 1 aromatic rings. The predicted octanol–water partition coefficient (Wildman–Crippen LogP) is 3.91. The average Bonchev–Trinajstić information content (AvgIpc) is 2.89. The summed E-state index contributed by atoms with van der Waals surface area (Å²) in [6.45, 7) is 3.86. The summed E-state index contributed by atoms with van der Waals surface area (Å²) >= 11 is 19.5. The molecule has 3 nitrogen and oxygen atoms in total. The molecule has 1 atom stereocenters. The van der Waals surface area contributed by atoms with E-state index in [1.807, 2.05) is 16.3 Å². The number of alkyl halides is 3. The highest BCUT2D eigenvalue weighted by molar-refractivity contribution is 7.12. The molecule has 1 amide bonds. The summed E-state index contributed by atoms with van der Waals surface area (Å²) in [5.41, 5.74) is 0. The summed E-state index contributed by atoms with van der Waals surface area (Å²) in [4.78, 5) is 14.8. The summed E-state index contributed by atoms with van der Waals surface area (Å²) in [6, 6.07) is 3.58. The molecule has 20 heavy (non-hydrogen) atoms. The van der Waals surface area contributed by atoms with Crippen LogP contribution < -0.4 is 5.32 Å². The van der Waals surface area contributed by atoms with E-state index in [2.05, 4.69) is 12.2 Å². The van der Waals surface area contributed by atoms with E-state index in [0.717, 1.165) is 25.9 Å². The second kappa shape index (κ2) is 6.84. The monoisotopic (exact) mass is 354 g/mol. The van der Waals surface area contributed by atoms with Gasteiger partial charge in [-0.1, -0.05) is 47.8 Å². The molecular weight excluding hydrogens is 339 g/mol. The van der Waals surface area contributed by atoms with E-state index in [-0.39, 0.29) is 5.91 Å². The van der Waals surface area contributed by atoms with Crippen molar-refractivity contribution in [3.8, 4) is 0 Å². The number of hydrogen-bond acceptors (Lipinski definition) is 3. The van der Waals surface area contributed by atoms with E-state index in [0.29, 0.717) is 10.8 Å². The first kappa shape index (κ1) is 16.4. The third-order valence-corrected chi connectivity index (χ3v) is 4.99. The Bertz CT molecular complexity index is 439. The minimum absolute atomic E-state index is 0.199. The molecule has 0 bridgehead atoms. The summed E-state index contributed by atoms with van der Waals surface area (Å²) in [6.07, 6.45) is 1.49. The first-order valence-corrected chi connectivity index (χ1v) is 8.54. The highest BCUT2D eigenvalue weighted by Gasteiger charge is 2.39. The van der Waals surface area contributed by atoms with Crippen molar-refractivity contribution in [1.29, 1.82) is 0 Å². The molecule has 1 fully saturated rings. The highest BCUT2D eigenvalue weighted by Crippen LogP contribution is 2.34. The van der Waals surface area contributed by atoms with Crippen LogP contribution >= 0.6 is 46.1 Å². The normalized spacial score (nSPS) is 19.8. The SMILES string of the molecule is CC1CCN([C@@H](NC(=O)c2cccs2)C(Cl)(Cl)Cl)CC1. The Balaban J connectivity index is 2.06. The van der Waals surface area contributed by atoms with Gasteiger partial charge in [0, 0.05) is 13.1 Å². The fraction of sp³-hybridized carbons (Fsp3) is 0.615. The van der Waals surface area contributed by atoms with Crippen LogP contribution in [0.1, 0.15) is 29.4 Å². The van der Waals surface area contributed by atoms with Crippen LogP contribution in [-0.2, 0) is 0 Å². The van der Waals surface area contributed by atoms with Crippen LogP contribution in [-0.4, -0.2) is 33.9 Å². The Morgan fingerprint density at radius 3 is 2.60 bits per heavy atom. The molecule has 1 saturated heterocycles. The molecule has 2 heterocycles. The zero-order chi connectivity index (χ0) is 14.8. The van der Waals surface area contributed by atoms with Gasteiger partial charge in [0.2, 0.25) is 3.79 Å². The summed E-state index contributed by atoms with van der Waals surface area (Å²) in [5, 5.41) is 4.69. The largest absolute Gasteiger partial charge is 0.332 e. The average molecular weight is 356 g/mol. The van der Waals surface area contributed by atoms with Gasteiger partial charge < -0.3 is 5.32 Å². The van der Waals surface area contributed by atoms with E-state index < -0.39 is 9.96 Å². The van der Waals surface area contributed by atoms with Crippen molar-refractivity contribution in [3.63, 3.8) is 0 Å². The number of halogens is 3. The Labute approximate surface area is 138 Å². The fourth-order valence-electron chi connectivity index (χ4n) is 2.27. The minimum Gasteiger partial charge on any atom is -0.332 e. The zero-order valence-corrected chi connectivity index (χ0v) is 14.2. The van der Waals surface area contributed by atoms with Gasteiger partial charge in [-0.05, 0) is 30.2 Å². The maximum absolute atomic E-state index is 12.2. The molecule has 0 unspecified atom stereocenters. The van der Waals surface area contributed by atoms with Crippen molar-refractivity contribution in [1.82, 2.24) is 10.2 Å². The number of carbonyl (C=O) groups excluding carboxylic acids is 1. The van der Waals surface area contributed by atoms with Crippen LogP contribution in [0, 0.1) is 5.92 Å². The van der Waals surface area contributed by atoms with Crippen molar-refractivity contribution in [2.75, 3.05) is 13.1 Å². The molecule has 2 rings (SSSR count). The third-order valence-electron chi connectivity index (χ3n) is 3.51. The quantitative estimate of drug-likeness (QED) is 0.834. The first-order valence-electron chi connectivity index (χ1n) is 6.53. The van der Waals surface area contributed by atoms with Crippen LogP contribution in [0.2, 0.25) is 0 Å². The smallest absolute Gasteiger partial charge is 0.262 e. The van der Waals surface area contributed by atoms with Gasteiger partial charge in [0.05, 0.1) is 4.88 Å². The van der Waals surface area contributed by atoms with E-state index in [9.17, 15) is 4.79 Å². The number of rotatable bonds is 3. The lowest BCUT2D eigenvalue weighted by Crippen LogP contribution is -2.57. The molecule has 0 radical (unpaired) electrons. The number of nitrogens with zero attached hydrogens (tertiary/aromatic N) is 1. The van der Waals surface area contributed by atoms with Crippen molar-refractivity contribution >= 4 is 52.0 Å². The maximum Gasteiger partial charge on any atom is 0.262 e. The second-order valence-corrected chi connectivity index (χ2v) is 8.43. The first-order chi connectivity index (χ1) is 9.38. The topological polar surface area (TPSA) is 32.3 Å². The number of hydrogen-bond donors (Lipinski definition) is 1. The van der Waals surface area contributed by atoms with Crippen LogP contribution in [0.5, 0.6) is 0 Å². The fourth-order valence-corrected chi connectivity index (χ4v) is 3.47. The number of piperidine rings is 1. The maximum atomic E-state index is 12.2. The van der Waals surface area contributed by atoms with Gasteiger partial charge in [0.1, 0.15) is 6.17 Å². The van der Waals surface area contributed by atoms with Crippen molar-refractivity contribution in [2.45, 2.75) is 29.7 Å². The molecular formula is C13H17Cl3N2OS. The molecule has 0 spiro atoms. The third kappa shape index (κ3) is 4.25. The number of likely N-dealkylation sites (tertiary alicyclic amines) is 1. The zero-order valence-electron chi connectivity index (χ0n) is 11.1. The molecule has 1 aliphatic rings. The second-order valence-electron chi connectivity index (χ2n) is 5.11. The summed E-state index contributed by atoms with van der Waals surface area (Å²) in [7, 11) is 0. The number of thiophene rings is 1. The van der Waals surface area contributed by atoms with Crippen LogP contribution in [0.3, 0.4) is 0 Å². The molecule has 0 aliphatic carbocycles. The van der Waals surface area contributed by atoms with E-state index >= 15 is 0 Å². The minimum atomic E-state index is -1.55. The number of carbonyl (C=O) groups is 1. The van der Waals surface area contributed by atoms with Crippen LogP contribution in [0.25, 0.3) is 0 Å². The van der Waals surface area contributed by atoms with E-state index in [1.54, 1.807) is 6.07 Å². The van der Waals surface area contributed by atoms with Gasteiger partial charge in [-0.3, -0.25) is 9.69 Å². The summed E-state index contributed by atoms with van der Waals surface area (Å²) in [5.74, 6) is 0.477. The van der Waals surface area contributed by atoms with E-state index in [1.165, 1.54) is 11.3 Å². The summed E-state index contributed by atoms with van der Waals surface area (Å²) < 4.78 is -1.55. The van der Waals surface area contributed by atoms with Crippen molar-refractivity contribution in [2.24, 2.45) is 5.92 Å². The Morgan fingerprint density at radius 2 is 2.10 bits per heavy atom. The van der Waals surface area contributed by atoms with Gasteiger partial charge in [-0.25, -0.2) is 0 Å². The van der Waals surface area contributed by atoms with Crippen molar-refractivity contribution < 1.29 is 4.79 Å². The van der Waals surface area contributed by atoms with Gasteiger partial charge >= 0.3 is 0 Å². The van der Waals surface area contributed by atoms with Gasteiger partial charge in [-0.2, -0.15) is 0 Å². The molecule has 1 aromatic heterocycles. The van der Waals surface area contributed by atoms with Gasteiger partial charge in [-0.15, -0.1) is 11.3 Å². The predicted molar refractivity (Wildman–Crippen MR) is 85.8 cm³/mol. The number of nitrogens with one attached hydrogen (secondary N) is 1. The van der Waals surface area contributed by atoms with Gasteiger partial charge in [0.25, 0.3) is 5.91 Å². The molecule has 112 valence electrons. The molecule has 0 saturated carbocycles. The van der Waals surface area contributed by atoms with Crippen molar-refractivity contribution in [3.05, 3.63) is 22.4 Å². The van der Waals surface area contributed by atoms with Crippen LogP contribution in [0.4, 0.5) is 0 Å². The lowest BCUT2D eigenvalue weighted by atomic mass is 9.99. The molecule has 7 heteroatoms. The Kier molecular flexibility index (Phi) is 5.60. The Morgan fingerprint density at radius 1 is 1.45 bits per heavy atom. The van der Waals surface area contributed by atoms with Crippen LogP contribution in [0.15, 0.2) is 17.5 Å². The lowest BCUT2D eigenvalue weighted by molar-refractivity contribution is 0.0788. The standard InChI is InChI=1S/C13H17Cl3N2OS/c1-9-4-6-18(7-5-9)12(13(14,15)16)17-11(19)10-3-2-8-20-10/h2-3,8-9,12H,4-7H2,1H3,(H,17,19)/t12-/m1/s1. The lowest BCUT2D eigenvalue weighted by Gasteiger charge is -2.39. The molecule has 1 N–H and O–H groups in total. The Hall–Kier alpha value is -0.000000000000000111.